The number of likely N-dealkylation sites (tertiary alicyclic amines) is 1. The first-order chi connectivity index (χ1) is 13.7. The fourth-order valence-electron chi connectivity index (χ4n) is 4.16. The highest BCUT2D eigenvalue weighted by Gasteiger charge is 2.41. The molecule has 1 aliphatic carbocycles. The Hall–Kier alpha value is -2.03. The molecule has 1 heterocycles. The Morgan fingerprint density at radius 1 is 1.03 bits per heavy atom. The molecule has 3 N–H and O–H groups in total. The third kappa shape index (κ3) is 6.22. The predicted octanol–water partition coefficient (Wildman–Crippen LogP) is 2.35. The molecule has 0 aromatic heterocycles. The molecular formula is C20H35N3O6. The molecule has 0 bridgehead atoms. The molecule has 2 amide bonds. The van der Waals surface area contributed by atoms with Gasteiger partial charge in [-0.2, -0.15) is 0 Å². The molecular weight excluding hydrogens is 378 g/mol. The minimum absolute atomic E-state index is 0.125. The predicted molar refractivity (Wildman–Crippen MR) is 107 cm³/mol. The third-order valence-corrected chi connectivity index (χ3v) is 6.22. The Balaban J connectivity index is 1.92. The highest BCUT2D eigenvalue weighted by molar-refractivity contribution is 5.76. The van der Waals surface area contributed by atoms with Crippen LogP contribution in [0, 0.1) is 5.41 Å². The molecule has 0 radical (unpaired) electrons. The van der Waals surface area contributed by atoms with Gasteiger partial charge in [0.2, 0.25) is 0 Å². The summed E-state index contributed by atoms with van der Waals surface area (Å²) >= 11 is 0. The van der Waals surface area contributed by atoms with E-state index in [1.165, 1.54) is 4.90 Å². The smallest absolute Gasteiger partial charge is 0.407 e. The van der Waals surface area contributed by atoms with Crippen molar-refractivity contribution in [2.45, 2.75) is 70.9 Å². The standard InChI is InChI=1S/C20H35N3O6/c1-4-28-16(24)19(3)8-6-15(7-9-19)21-14-20(22-17(25)29-5-2)10-12-23(13-11-20)18(26)27/h15,21H,4-14H2,1-3H3,(H,22,25)(H,26,27). The number of carbonyl (C=O) groups excluding carboxylic acids is 2. The molecule has 166 valence electrons. The summed E-state index contributed by atoms with van der Waals surface area (Å²) in [5.74, 6) is -0.125. The maximum atomic E-state index is 12.2. The second-order valence-corrected chi connectivity index (χ2v) is 8.33. The van der Waals surface area contributed by atoms with Gasteiger partial charge in [-0.1, -0.05) is 0 Å². The van der Waals surface area contributed by atoms with Crippen LogP contribution in [0.25, 0.3) is 0 Å². The zero-order chi connectivity index (χ0) is 21.5. The molecule has 2 fully saturated rings. The van der Waals surface area contributed by atoms with Gasteiger partial charge in [0.25, 0.3) is 0 Å². The molecule has 1 aliphatic heterocycles. The number of hydrogen-bond donors (Lipinski definition) is 3. The van der Waals surface area contributed by atoms with Gasteiger partial charge in [-0.3, -0.25) is 4.79 Å². The van der Waals surface area contributed by atoms with Crippen molar-refractivity contribution < 1.29 is 29.0 Å². The average Bonchev–Trinajstić information content (AvgIpc) is 2.68. The van der Waals surface area contributed by atoms with E-state index in [1.807, 2.05) is 13.8 Å². The van der Waals surface area contributed by atoms with Crippen LogP contribution >= 0.6 is 0 Å². The average molecular weight is 414 g/mol. The van der Waals surface area contributed by atoms with Crippen molar-refractivity contribution in [1.82, 2.24) is 15.5 Å². The van der Waals surface area contributed by atoms with Crippen LogP contribution in [0.5, 0.6) is 0 Å². The van der Waals surface area contributed by atoms with E-state index >= 15 is 0 Å². The molecule has 9 nitrogen and oxygen atoms in total. The summed E-state index contributed by atoms with van der Waals surface area (Å²) in [5.41, 5.74) is -0.970. The number of ether oxygens (including phenoxy) is 2. The van der Waals surface area contributed by atoms with Crippen molar-refractivity contribution in [1.29, 1.82) is 0 Å². The molecule has 0 atom stereocenters. The Morgan fingerprint density at radius 3 is 2.14 bits per heavy atom. The van der Waals surface area contributed by atoms with E-state index < -0.39 is 23.1 Å². The minimum Gasteiger partial charge on any atom is -0.466 e. The van der Waals surface area contributed by atoms with E-state index in [2.05, 4.69) is 10.6 Å². The maximum Gasteiger partial charge on any atom is 0.407 e. The van der Waals surface area contributed by atoms with Crippen molar-refractivity contribution >= 4 is 18.2 Å². The van der Waals surface area contributed by atoms with Crippen LogP contribution in [0.1, 0.15) is 59.3 Å². The fraction of sp³-hybridized carbons (Fsp3) is 0.850. The van der Waals surface area contributed by atoms with E-state index in [4.69, 9.17) is 9.47 Å². The fourth-order valence-corrected chi connectivity index (χ4v) is 4.16. The molecule has 0 unspecified atom stereocenters. The minimum atomic E-state index is -0.937. The highest BCUT2D eigenvalue weighted by Crippen LogP contribution is 2.37. The SMILES string of the molecule is CCOC(=O)NC1(CNC2CCC(C)(C(=O)OCC)CC2)CCN(C(=O)O)CC1. The quantitative estimate of drug-likeness (QED) is 0.548. The monoisotopic (exact) mass is 413 g/mol. The van der Waals surface area contributed by atoms with Gasteiger partial charge in [-0.25, -0.2) is 9.59 Å². The van der Waals surface area contributed by atoms with Gasteiger partial charge in [-0.15, -0.1) is 0 Å². The number of hydrogen-bond acceptors (Lipinski definition) is 6. The number of carbonyl (C=O) groups is 3. The second-order valence-electron chi connectivity index (χ2n) is 8.33. The number of esters is 1. The Morgan fingerprint density at radius 2 is 1.62 bits per heavy atom. The van der Waals surface area contributed by atoms with Gasteiger partial charge in [0.1, 0.15) is 0 Å². The summed E-state index contributed by atoms with van der Waals surface area (Å²) in [6.45, 7) is 7.49. The van der Waals surface area contributed by atoms with E-state index in [-0.39, 0.29) is 18.6 Å². The zero-order valence-corrected chi connectivity index (χ0v) is 17.8. The first-order valence-electron chi connectivity index (χ1n) is 10.6. The van der Waals surface area contributed by atoms with Crippen LogP contribution in [0.4, 0.5) is 9.59 Å². The molecule has 1 saturated heterocycles. The van der Waals surface area contributed by atoms with Crippen molar-refractivity contribution in [2.75, 3.05) is 32.8 Å². The summed E-state index contributed by atoms with van der Waals surface area (Å²) in [5, 5.41) is 15.7. The van der Waals surface area contributed by atoms with Gasteiger partial charge in [0.05, 0.1) is 24.2 Å². The summed E-state index contributed by atoms with van der Waals surface area (Å²) < 4.78 is 10.3. The Kier molecular flexibility index (Phi) is 8.13. The summed E-state index contributed by atoms with van der Waals surface area (Å²) in [7, 11) is 0. The zero-order valence-electron chi connectivity index (χ0n) is 17.8. The van der Waals surface area contributed by atoms with Gasteiger partial charge in [0.15, 0.2) is 0 Å². The number of nitrogens with one attached hydrogen (secondary N) is 2. The highest BCUT2D eigenvalue weighted by atomic mass is 16.5. The van der Waals surface area contributed by atoms with E-state index in [9.17, 15) is 19.5 Å². The molecule has 2 aliphatic rings. The van der Waals surface area contributed by atoms with E-state index in [0.717, 1.165) is 25.7 Å². The molecule has 1 saturated carbocycles. The van der Waals surface area contributed by atoms with Crippen molar-refractivity contribution in [3.8, 4) is 0 Å². The van der Waals surface area contributed by atoms with Crippen molar-refractivity contribution in [3.63, 3.8) is 0 Å². The second kappa shape index (κ2) is 10.1. The van der Waals surface area contributed by atoms with Crippen LogP contribution in [0.3, 0.4) is 0 Å². The van der Waals surface area contributed by atoms with Gasteiger partial charge < -0.3 is 30.1 Å². The van der Waals surface area contributed by atoms with Crippen LogP contribution in [0.15, 0.2) is 0 Å². The number of piperidine rings is 1. The lowest BCUT2D eigenvalue weighted by Gasteiger charge is -2.43. The van der Waals surface area contributed by atoms with Crippen LogP contribution in [0.2, 0.25) is 0 Å². The number of alkyl carbamates (subject to hydrolysis) is 1. The van der Waals surface area contributed by atoms with Crippen molar-refractivity contribution in [3.05, 3.63) is 0 Å². The first kappa shape index (κ1) is 23.3. The Bertz CT molecular complexity index is 581. The topological polar surface area (TPSA) is 117 Å². The normalized spacial score (nSPS) is 26.4. The summed E-state index contributed by atoms with van der Waals surface area (Å²) in [4.78, 5) is 36.8. The lowest BCUT2D eigenvalue weighted by molar-refractivity contribution is -0.156. The van der Waals surface area contributed by atoms with Gasteiger partial charge >= 0.3 is 18.2 Å². The van der Waals surface area contributed by atoms with Crippen LogP contribution < -0.4 is 10.6 Å². The lowest BCUT2D eigenvalue weighted by Crippen LogP contribution is -2.61. The molecule has 0 aromatic rings. The molecule has 0 aromatic carbocycles. The Labute approximate surface area is 172 Å². The maximum absolute atomic E-state index is 12.2. The number of carboxylic acid groups (broad SMARTS) is 1. The lowest BCUT2D eigenvalue weighted by atomic mass is 9.73. The van der Waals surface area contributed by atoms with E-state index in [1.54, 1.807) is 6.92 Å². The van der Waals surface area contributed by atoms with Crippen molar-refractivity contribution in [2.24, 2.45) is 5.41 Å². The number of rotatable bonds is 7. The van der Waals surface area contributed by atoms with Crippen LogP contribution in [-0.2, 0) is 14.3 Å². The molecule has 29 heavy (non-hydrogen) atoms. The summed E-state index contributed by atoms with van der Waals surface area (Å²) in [6.07, 6.45) is 2.86. The molecule has 0 spiro atoms. The van der Waals surface area contributed by atoms with Gasteiger partial charge in [0, 0.05) is 25.7 Å². The first-order valence-corrected chi connectivity index (χ1v) is 10.6. The van der Waals surface area contributed by atoms with E-state index in [0.29, 0.717) is 39.1 Å². The molecule has 9 heteroatoms. The molecule has 2 rings (SSSR count). The summed E-state index contributed by atoms with van der Waals surface area (Å²) in [6, 6.07) is 0.246. The number of nitrogens with zero attached hydrogens (tertiary/aromatic N) is 1. The largest absolute Gasteiger partial charge is 0.466 e. The van der Waals surface area contributed by atoms with Gasteiger partial charge in [-0.05, 0) is 59.3 Å². The van der Waals surface area contributed by atoms with Crippen LogP contribution in [-0.4, -0.2) is 72.6 Å². The number of amides is 2. The third-order valence-electron chi connectivity index (χ3n) is 6.22.